The highest BCUT2D eigenvalue weighted by molar-refractivity contribution is 5.62. The Hall–Kier alpha value is -1.09. The molecule has 104 valence electrons. The number of aliphatic hydroxyl groups is 1. The zero-order valence-electron chi connectivity index (χ0n) is 12.1. The Bertz CT molecular complexity index is 321. The van der Waals surface area contributed by atoms with Gasteiger partial charge in [0.2, 0.25) is 0 Å². The normalized spacial score (nSPS) is 23.9. The molecule has 1 aliphatic carbocycles. The molecule has 0 aromatic carbocycles. The van der Waals surface area contributed by atoms with E-state index in [9.17, 15) is 5.11 Å². The van der Waals surface area contributed by atoms with Gasteiger partial charge < -0.3 is 10.2 Å². The smallest absolute Gasteiger partial charge is 0.300 e. The molecular formula is C15H26O3. The first kappa shape index (κ1) is 16.9. The van der Waals surface area contributed by atoms with Crippen molar-refractivity contribution in [1.82, 2.24) is 0 Å². The molecule has 3 heteroatoms. The van der Waals surface area contributed by atoms with Crippen LogP contribution in [0.5, 0.6) is 0 Å². The number of aliphatic carboxylic acids is 1. The van der Waals surface area contributed by atoms with Crippen LogP contribution in [0.25, 0.3) is 0 Å². The second-order valence-electron chi connectivity index (χ2n) is 5.60. The van der Waals surface area contributed by atoms with Crippen molar-refractivity contribution in [3.05, 3.63) is 23.8 Å². The van der Waals surface area contributed by atoms with Crippen molar-refractivity contribution in [2.24, 2.45) is 11.3 Å². The summed E-state index contributed by atoms with van der Waals surface area (Å²) in [4.78, 5) is 9.00. The van der Waals surface area contributed by atoms with Crippen molar-refractivity contribution in [2.75, 3.05) is 0 Å². The van der Waals surface area contributed by atoms with Gasteiger partial charge in [-0.05, 0) is 32.1 Å². The summed E-state index contributed by atoms with van der Waals surface area (Å²) < 4.78 is 0. The zero-order chi connectivity index (χ0) is 14.3. The fourth-order valence-corrected chi connectivity index (χ4v) is 2.25. The molecule has 0 fully saturated rings. The maximum atomic E-state index is 9.23. The Balaban J connectivity index is 0.000000631. The summed E-state index contributed by atoms with van der Waals surface area (Å²) in [6.07, 6.45) is 8.48. The number of carboxylic acids is 1. The van der Waals surface area contributed by atoms with Gasteiger partial charge in [-0.15, -0.1) is 0 Å². The molecule has 2 unspecified atom stereocenters. The van der Waals surface area contributed by atoms with Gasteiger partial charge in [0, 0.05) is 12.8 Å². The van der Waals surface area contributed by atoms with Crippen LogP contribution in [0, 0.1) is 11.3 Å². The first-order valence-electron chi connectivity index (χ1n) is 6.39. The number of carbonyl (C=O) groups is 1. The van der Waals surface area contributed by atoms with Crippen molar-refractivity contribution in [2.45, 2.75) is 53.6 Å². The minimum Gasteiger partial charge on any atom is -0.481 e. The average Bonchev–Trinajstić information content (AvgIpc) is 2.14. The Morgan fingerprint density at radius 1 is 1.56 bits per heavy atom. The van der Waals surface area contributed by atoms with E-state index in [2.05, 4.69) is 32.9 Å². The molecule has 0 amide bonds. The second kappa shape index (κ2) is 7.37. The summed E-state index contributed by atoms with van der Waals surface area (Å²) in [6, 6.07) is 0. The van der Waals surface area contributed by atoms with Gasteiger partial charge >= 0.3 is 0 Å². The van der Waals surface area contributed by atoms with Crippen LogP contribution in [0.1, 0.15) is 47.5 Å². The minimum atomic E-state index is -0.833. The first-order chi connectivity index (χ1) is 8.16. The largest absolute Gasteiger partial charge is 0.481 e. The van der Waals surface area contributed by atoms with Crippen LogP contribution >= 0.6 is 0 Å². The average molecular weight is 254 g/mol. The van der Waals surface area contributed by atoms with Gasteiger partial charge in [0.15, 0.2) is 0 Å². The molecular weight excluding hydrogens is 228 g/mol. The Labute approximate surface area is 110 Å². The van der Waals surface area contributed by atoms with E-state index in [1.165, 1.54) is 18.4 Å². The molecule has 0 spiro atoms. The maximum Gasteiger partial charge on any atom is 0.300 e. The lowest BCUT2D eigenvalue weighted by Crippen LogP contribution is -2.26. The lowest BCUT2D eigenvalue weighted by Gasteiger charge is -2.36. The van der Waals surface area contributed by atoms with Crippen molar-refractivity contribution in [3.63, 3.8) is 0 Å². The molecule has 18 heavy (non-hydrogen) atoms. The Kier molecular flexibility index (Phi) is 6.92. The van der Waals surface area contributed by atoms with Crippen LogP contribution in [0.2, 0.25) is 0 Å². The maximum absolute atomic E-state index is 9.23. The van der Waals surface area contributed by atoms with E-state index in [0.29, 0.717) is 11.3 Å². The molecule has 2 atom stereocenters. The molecule has 0 saturated carbocycles. The molecule has 2 N–H and O–H groups in total. The lowest BCUT2D eigenvalue weighted by molar-refractivity contribution is -0.134. The highest BCUT2D eigenvalue weighted by atomic mass is 16.4. The standard InChI is InChI=1S/C13H22O.C2H4O2/c1-10-6-5-9-13(3,4)12(10)8-7-11(2)14;1-2(3)4/h6-8,11-12,14H,5,9H2,1-4H3;1H3,(H,3,4). The van der Waals surface area contributed by atoms with Crippen LogP contribution < -0.4 is 0 Å². The Morgan fingerprint density at radius 2 is 2.06 bits per heavy atom. The van der Waals surface area contributed by atoms with Crippen molar-refractivity contribution >= 4 is 5.97 Å². The quantitative estimate of drug-likeness (QED) is 0.743. The molecule has 0 bridgehead atoms. The molecule has 0 heterocycles. The predicted octanol–water partition coefficient (Wildman–Crippen LogP) is 3.40. The van der Waals surface area contributed by atoms with Gasteiger partial charge in [-0.2, -0.15) is 0 Å². The third-order valence-corrected chi connectivity index (χ3v) is 3.17. The SMILES string of the molecule is CC(=O)O.CC1=CCCC(C)(C)C1C=CC(C)O. The zero-order valence-corrected chi connectivity index (χ0v) is 12.1. The fraction of sp³-hybridized carbons (Fsp3) is 0.667. The summed E-state index contributed by atoms with van der Waals surface area (Å²) >= 11 is 0. The highest BCUT2D eigenvalue weighted by Crippen LogP contribution is 2.41. The van der Waals surface area contributed by atoms with Crippen LogP contribution in [-0.2, 0) is 4.79 Å². The van der Waals surface area contributed by atoms with Crippen LogP contribution in [0.3, 0.4) is 0 Å². The van der Waals surface area contributed by atoms with Gasteiger partial charge in [0.25, 0.3) is 5.97 Å². The van der Waals surface area contributed by atoms with Crippen LogP contribution in [-0.4, -0.2) is 22.3 Å². The fourth-order valence-electron chi connectivity index (χ4n) is 2.25. The molecule has 0 radical (unpaired) electrons. The van der Waals surface area contributed by atoms with Gasteiger partial charge in [0.05, 0.1) is 6.10 Å². The van der Waals surface area contributed by atoms with E-state index in [1.54, 1.807) is 6.92 Å². The van der Waals surface area contributed by atoms with E-state index >= 15 is 0 Å². The molecule has 3 nitrogen and oxygen atoms in total. The van der Waals surface area contributed by atoms with E-state index in [1.807, 2.05) is 6.08 Å². The summed E-state index contributed by atoms with van der Waals surface area (Å²) in [5.41, 5.74) is 1.78. The molecule has 0 aromatic heterocycles. The molecule has 0 saturated heterocycles. The lowest BCUT2D eigenvalue weighted by atomic mass is 9.68. The van der Waals surface area contributed by atoms with E-state index in [0.717, 1.165) is 6.92 Å². The number of hydrogen-bond acceptors (Lipinski definition) is 2. The van der Waals surface area contributed by atoms with E-state index in [4.69, 9.17) is 9.90 Å². The van der Waals surface area contributed by atoms with Gasteiger partial charge in [0.1, 0.15) is 0 Å². The third-order valence-electron chi connectivity index (χ3n) is 3.17. The van der Waals surface area contributed by atoms with Gasteiger partial charge in [-0.1, -0.05) is 37.6 Å². The number of carboxylic acid groups (broad SMARTS) is 1. The summed E-state index contributed by atoms with van der Waals surface area (Å²) in [6.45, 7) is 9.68. The van der Waals surface area contributed by atoms with Crippen molar-refractivity contribution in [1.29, 1.82) is 0 Å². The molecule has 0 aliphatic heterocycles. The monoisotopic (exact) mass is 254 g/mol. The summed E-state index contributed by atoms with van der Waals surface area (Å²) in [7, 11) is 0. The van der Waals surface area contributed by atoms with Crippen LogP contribution in [0.4, 0.5) is 0 Å². The number of rotatable bonds is 2. The summed E-state index contributed by atoms with van der Waals surface area (Å²) in [5.74, 6) is -0.342. The Morgan fingerprint density at radius 3 is 2.44 bits per heavy atom. The molecule has 1 aliphatic rings. The topological polar surface area (TPSA) is 57.5 Å². The van der Waals surface area contributed by atoms with Gasteiger partial charge in [-0.25, -0.2) is 0 Å². The van der Waals surface area contributed by atoms with E-state index < -0.39 is 5.97 Å². The predicted molar refractivity (Wildman–Crippen MR) is 74.4 cm³/mol. The second-order valence-corrected chi connectivity index (χ2v) is 5.60. The number of allylic oxidation sites excluding steroid dienone is 3. The van der Waals surface area contributed by atoms with E-state index in [-0.39, 0.29) is 6.10 Å². The third kappa shape index (κ3) is 6.60. The summed E-state index contributed by atoms with van der Waals surface area (Å²) in [5, 5.41) is 16.6. The first-order valence-corrected chi connectivity index (χ1v) is 6.39. The number of aliphatic hydroxyl groups excluding tert-OH is 1. The van der Waals surface area contributed by atoms with Crippen LogP contribution in [0.15, 0.2) is 23.8 Å². The molecule has 0 aromatic rings. The highest BCUT2D eigenvalue weighted by Gasteiger charge is 2.30. The van der Waals surface area contributed by atoms with Gasteiger partial charge in [-0.3, -0.25) is 4.79 Å². The molecule has 1 rings (SSSR count). The van der Waals surface area contributed by atoms with Crippen molar-refractivity contribution < 1.29 is 15.0 Å². The minimum absolute atomic E-state index is 0.333. The number of hydrogen-bond donors (Lipinski definition) is 2. The van der Waals surface area contributed by atoms with Crippen molar-refractivity contribution in [3.8, 4) is 0 Å².